The lowest BCUT2D eigenvalue weighted by Crippen LogP contribution is -2.54. The van der Waals surface area contributed by atoms with Gasteiger partial charge in [0, 0.05) is 9.50 Å². The maximum absolute atomic E-state index is 12.8. The largest absolute Gasteiger partial charge is 0.335 e. The first kappa shape index (κ1) is 17.4. The number of imide groups is 2. The molecular formula is C18H12BrClN2O3. The van der Waals surface area contributed by atoms with E-state index in [1.165, 1.54) is 12.1 Å². The van der Waals surface area contributed by atoms with Crippen molar-refractivity contribution in [1.29, 1.82) is 0 Å². The molecule has 2 aromatic rings. The smallest absolute Gasteiger partial charge is 0.273 e. The highest BCUT2D eigenvalue weighted by molar-refractivity contribution is 9.10. The standard InChI is InChI=1S/C18H12BrClN2O3/c1-10-5-6-13(9-15(10)20)22-17(24)14(16(23)21-18(22)25)8-11-3-2-4-12(19)7-11/h2-9H,1H3,(H,21,23,25)/b14-8-. The lowest BCUT2D eigenvalue weighted by atomic mass is 10.1. The lowest BCUT2D eigenvalue weighted by molar-refractivity contribution is -0.122. The van der Waals surface area contributed by atoms with Gasteiger partial charge in [-0.25, -0.2) is 9.69 Å². The number of aryl methyl sites for hydroxylation is 1. The van der Waals surface area contributed by atoms with Crippen molar-refractivity contribution in [3.05, 3.63) is 68.7 Å². The third-order valence-corrected chi connectivity index (χ3v) is 4.58. The van der Waals surface area contributed by atoms with Crippen LogP contribution in [0.25, 0.3) is 6.08 Å². The predicted molar refractivity (Wildman–Crippen MR) is 99.3 cm³/mol. The van der Waals surface area contributed by atoms with Gasteiger partial charge in [-0.1, -0.05) is 45.7 Å². The van der Waals surface area contributed by atoms with E-state index in [-0.39, 0.29) is 5.57 Å². The minimum atomic E-state index is -0.804. The molecule has 0 bridgehead atoms. The molecule has 7 heteroatoms. The third-order valence-electron chi connectivity index (χ3n) is 3.67. The Bertz CT molecular complexity index is 940. The Hall–Kier alpha value is -2.44. The van der Waals surface area contributed by atoms with Crippen LogP contribution < -0.4 is 10.2 Å². The Balaban J connectivity index is 2.03. The van der Waals surface area contributed by atoms with E-state index in [4.69, 9.17) is 11.6 Å². The highest BCUT2D eigenvalue weighted by Gasteiger charge is 2.36. The summed E-state index contributed by atoms with van der Waals surface area (Å²) in [5.74, 6) is -1.43. The van der Waals surface area contributed by atoms with Crippen molar-refractivity contribution in [2.45, 2.75) is 6.92 Å². The summed E-state index contributed by atoms with van der Waals surface area (Å²) in [6.07, 6.45) is 1.44. The van der Waals surface area contributed by atoms with Gasteiger partial charge in [0.05, 0.1) is 5.69 Å². The number of urea groups is 1. The summed E-state index contributed by atoms with van der Waals surface area (Å²) in [7, 11) is 0. The van der Waals surface area contributed by atoms with Gasteiger partial charge >= 0.3 is 6.03 Å². The number of amides is 4. The second kappa shape index (κ2) is 6.82. The normalized spacial score (nSPS) is 16.4. The molecule has 1 aliphatic rings. The average molecular weight is 420 g/mol. The fourth-order valence-corrected chi connectivity index (χ4v) is 2.97. The van der Waals surface area contributed by atoms with Crippen molar-refractivity contribution in [3.8, 4) is 0 Å². The summed E-state index contributed by atoms with van der Waals surface area (Å²) < 4.78 is 0.809. The molecule has 25 heavy (non-hydrogen) atoms. The first-order chi connectivity index (χ1) is 11.9. The number of nitrogens with one attached hydrogen (secondary N) is 1. The number of nitrogens with zero attached hydrogens (tertiary/aromatic N) is 1. The maximum atomic E-state index is 12.8. The van der Waals surface area contributed by atoms with E-state index in [1.807, 2.05) is 13.0 Å². The molecule has 0 aliphatic carbocycles. The Morgan fingerprint density at radius 2 is 1.88 bits per heavy atom. The zero-order valence-electron chi connectivity index (χ0n) is 13.0. The molecule has 5 nitrogen and oxygen atoms in total. The minimum absolute atomic E-state index is 0.130. The van der Waals surface area contributed by atoms with Crippen LogP contribution in [0.2, 0.25) is 5.02 Å². The first-order valence-corrected chi connectivity index (χ1v) is 8.47. The van der Waals surface area contributed by atoms with Crippen LogP contribution in [-0.2, 0) is 9.59 Å². The zero-order valence-corrected chi connectivity index (χ0v) is 15.4. The number of barbiturate groups is 1. The van der Waals surface area contributed by atoms with E-state index < -0.39 is 17.8 Å². The summed E-state index contributed by atoms with van der Waals surface area (Å²) in [4.78, 5) is 37.9. The summed E-state index contributed by atoms with van der Waals surface area (Å²) in [6.45, 7) is 1.81. The third kappa shape index (κ3) is 3.50. The second-order valence-corrected chi connectivity index (χ2v) is 6.77. The van der Waals surface area contributed by atoms with Gasteiger partial charge < -0.3 is 0 Å². The molecule has 0 radical (unpaired) electrons. The molecule has 0 aromatic heterocycles. The number of carbonyl (C=O) groups is 3. The van der Waals surface area contributed by atoms with Gasteiger partial charge in [-0.3, -0.25) is 14.9 Å². The van der Waals surface area contributed by atoms with Gasteiger partial charge in [-0.2, -0.15) is 0 Å². The van der Waals surface area contributed by atoms with Crippen molar-refractivity contribution >= 4 is 57.1 Å². The molecule has 4 amide bonds. The van der Waals surface area contributed by atoms with Crippen molar-refractivity contribution in [2.24, 2.45) is 0 Å². The average Bonchev–Trinajstić information content (AvgIpc) is 2.55. The number of anilines is 1. The SMILES string of the molecule is Cc1ccc(N2C(=O)NC(=O)/C(=C/c3cccc(Br)c3)C2=O)cc1Cl. The minimum Gasteiger partial charge on any atom is -0.273 e. The van der Waals surface area contributed by atoms with Crippen LogP contribution in [0.15, 0.2) is 52.5 Å². The molecule has 2 aromatic carbocycles. The maximum Gasteiger partial charge on any atom is 0.335 e. The van der Waals surface area contributed by atoms with E-state index in [2.05, 4.69) is 21.2 Å². The van der Waals surface area contributed by atoms with E-state index in [1.54, 1.807) is 30.3 Å². The quantitative estimate of drug-likeness (QED) is 0.589. The molecule has 1 aliphatic heterocycles. The van der Waals surface area contributed by atoms with Crippen LogP contribution in [-0.4, -0.2) is 17.8 Å². The molecule has 1 saturated heterocycles. The van der Waals surface area contributed by atoms with Crippen LogP contribution in [0, 0.1) is 6.92 Å². The Morgan fingerprint density at radius 1 is 1.12 bits per heavy atom. The van der Waals surface area contributed by atoms with Gasteiger partial charge in [0.1, 0.15) is 5.57 Å². The van der Waals surface area contributed by atoms with Crippen molar-refractivity contribution in [3.63, 3.8) is 0 Å². The Labute approximate surface area is 157 Å². The van der Waals surface area contributed by atoms with Crippen LogP contribution in [0.4, 0.5) is 10.5 Å². The molecule has 1 fully saturated rings. The van der Waals surface area contributed by atoms with Crippen LogP contribution in [0.1, 0.15) is 11.1 Å². The van der Waals surface area contributed by atoms with Gasteiger partial charge in [0.2, 0.25) is 0 Å². The number of halogens is 2. The molecule has 1 heterocycles. The molecule has 3 rings (SSSR count). The molecule has 0 spiro atoms. The highest BCUT2D eigenvalue weighted by Crippen LogP contribution is 2.26. The Kier molecular flexibility index (Phi) is 4.74. The summed E-state index contributed by atoms with van der Waals surface area (Å²) in [5, 5.41) is 2.61. The van der Waals surface area contributed by atoms with E-state index in [9.17, 15) is 14.4 Å². The van der Waals surface area contributed by atoms with Crippen LogP contribution >= 0.6 is 27.5 Å². The summed E-state index contributed by atoms with van der Waals surface area (Å²) in [5.41, 5.74) is 1.64. The fourth-order valence-electron chi connectivity index (χ4n) is 2.38. The highest BCUT2D eigenvalue weighted by atomic mass is 79.9. The molecule has 0 saturated carbocycles. The summed E-state index contributed by atoms with van der Waals surface area (Å²) in [6, 6.07) is 11.1. The zero-order chi connectivity index (χ0) is 18.1. The van der Waals surface area contributed by atoms with Crippen LogP contribution in [0.5, 0.6) is 0 Å². The Morgan fingerprint density at radius 3 is 2.56 bits per heavy atom. The lowest BCUT2D eigenvalue weighted by Gasteiger charge is -2.26. The van der Waals surface area contributed by atoms with E-state index >= 15 is 0 Å². The fraction of sp³-hybridized carbons (Fsp3) is 0.0556. The molecule has 0 atom stereocenters. The van der Waals surface area contributed by atoms with Gasteiger partial charge in [-0.05, 0) is 48.4 Å². The van der Waals surface area contributed by atoms with Crippen molar-refractivity contribution in [1.82, 2.24) is 5.32 Å². The predicted octanol–water partition coefficient (Wildman–Crippen LogP) is 4.08. The molecular weight excluding hydrogens is 408 g/mol. The van der Waals surface area contributed by atoms with E-state index in [0.29, 0.717) is 16.3 Å². The van der Waals surface area contributed by atoms with Crippen molar-refractivity contribution < 1.29 is 14.4 Å². The topological polar surface area (TPSA) is 66.5 Å². The summed E-state index contributed by atoms with van der Waals surface area (Å²) >= 11 is 9.42. The van der Waals surface area contributed by atoms with Crippen molar-refractivity contribution in [2.75, 3.05) is 4.90 Å². The molecule has 126 valence electrons. The number of rotatable bonds is 2. The first-order valence-electron chi connectivity index (χ1n) is 7.30. The molecule has 0 unspecified atom stereocenters. The second-order valence-electron chi connectivity index (χ2n) is 5.45. The molecule has 1 N–H and O–H groups in total. The van der Waals surface area contributed by atoms with Crippen LogP contribution in [0.3, 0.4) is 0 Å². The monoisotopic (exact) mass is 418 g/mol. The van der Waals surface area contributed by atoms with Gasteiger partial charge in [-0.15, -0.1) is 0 Å². The number of benzene rings is 2. The number of carbonyl (C=O) groups excluding carboxylic acids is 3. The van der Waals surface area contributed by atoms with E-state index in [0.717, 1.165) is 14.9 Å². The number of hydrogen-bond donors (Lipinski definition) is 1. The number of hydrogen-bond acceptors (Lipinski definition) is 3. The van der Waals surface area contributed by atoms with Gasteiger partial charge in [0.15, 0.2) is 0 Å². The van der Waals surface area contributed by atoms with Gasteiger partial charge in [0.25, 0.3) is 11.8 Å².